The van der Waals surface area contributed by atoms with Crippen LogP contribution in [0.15, 0.2) is 11.8 Å². The molecule has 0 aromatic heterocycles. The number of carboxylic acid groups (broad SMARTS) is 2. The van der Waals surface area contributed by atoms with Gasteiger partial charge in [0.2, 0.25) is 17.4 Å². The highest BCUT2D eigenvalue weighted by atomic mass is 19.4. The van der Waals surface area contributed by atoms with Gasteiger partial charge < -0.3 is 14.9 Å². The molecule has 0 radical (unpaired) electrons. The summed E-state index contributed by atoms with van der Waals surface area (Å²) in [6.45, 7) is 0. The van der Waals surface area contributed by atoms with Crippen LogP contribution in [0.3, 0.4) is 0 Å². The molecule has 240 valence electrons. The Bertz CT molecular complexity index is 1310. The highest BCUT2D eigenvalue weighted by Crippen LogP contribution is 2.63. The number of carbonyl (C=O) groups is 2. The number of benzene rings is 1. The summed E-state index contributed by atoms with van der Waals surface area (Å²) in [6.07, 6.45) is -7.96. The van der Waals surface area contributed by atoms with Gasteiger partial charge in [0.05, 0.1) is 0 Å². The molecule has 1 rings (SSSR count). The van der Waals surface area contributed by atoms with Crippen molar-refractivity contribution in [2.75, 3.05) is 0 Å². The fourth-order valence-electron chi connectivity index (χ4n) is 2.49. The Morgan fingerprint density at radius 2 is 0.857 bits per heavy atom. The van der Waals surface area contributed by atoms with Gasteiger partial charge in [0, 0.05) is 0 Å². The van der Waals surface area contributed by atoms with Crippen LogP contribution in [0.5, 0.6) is 5.75 Å². The monoisotopic (exact) mass is 666 g/mol. The summed E-state index contributed by atoms with van der Waals surface area (Å²) < 4.78 is 269. The number of aromatic carboxylic acids is 2. The van der Waals surface area contributed by atoms with Crippen LogP contribution in [0.1, 0.15) is 20.7 Å². The average Bonchev–Trinajstić information content (AvgIpc) is 2.81. The van der Waals surface area contributed by atoms with Gasteiger partial charge in [-0.05, 0) is 0 Å². The van der Waals surface area contributed by atoms with Gasteiger partial charge in [-0.1, -0.05) is 0 Å². The van der Waals surface area contributed by atoms with Crippen molar-refractivity contribution in [3.8, 4) is 5.75 Å². The molecule has 0 aliphatic rings. The molecular weight excluding hydrogens is 664 g/mol. The molecule has 0 atom stereocenters. The molecule has 1 aromatic rings. The third-order valence-corrected chi connectivity index (χ3v) is 4.68. The smallest absolute Gasteiger partial charge is 0.460 e. The lowest BCUT2D eigenvalue weighted by atomic mass is 9.91. The standard InChI is InChI=1S/C17H2F20O5/c18-3-1(9(38)39)2(10(40)41)4(19)6(5(3)20)42-8(22)7(21)11(23,24)12(25,26)13(27,28)14(29,30)15(31,32)16(33,34)17(35,36)37/h(H,38,39)(H,40,41). The summed E-state index contributed by atoms with van der Waals surface area (Å²) in [6, 6.07) is -4.44. The lowest BCUT2D eigenvalue weighted by Gasteiger charge is -2.41. The number of carboxylic acids is 2. The van der Waals surface area contributed by atoms with Gasteiger partial charge in [-0.25, -0.2) is 18.4 Å². The fraction of sp³-hybridized carbons (Fsp3) is 0.412. The molecule has 0 aliphatic heterocycles. The molecule has 0 saturated heterocycles. The molecule has 1 aromatic carbocycles. The van der Waals surface area contributed by atoms with E-state index in [2.05, 4.69) is 4.74 Å². The van der Waals surface area contributed by atoms with E-state index in [9.17, 15) is 97.4 Å². The first kappa shape index (κ1) is 36.3. The van der Waals surface area contributed by atoms with E-state index in [0.29, 0.717) is 0 Å². The van der Waals surface area contributed by atoms with Crippen LogP contribution in [-0.4, -0.2) is 63.9 Å². The van der Waals surface area contributed by atoms with Gasteiger partial charge in [-0.15, -0.1) is 0 Å². The lowest BCUT2D eigenvalue weighted by molar-refractivity contribution is -0.451. The Labute approximate surface area is 213 Å². The first-order valence-electron chi connectivity index (χ1n) is 9.04. The summed E-state index contributed by atoms with van der Waals surface area (Å²) in [5.41, 5.74) is -5.08. The number of halogens is 20. The normalized spacial score (nSPS) is 15.0. The summed E-state index contributed by atoms with van der Waals surface area (Å²) in [5.74, 6) is -75.5. The van der Waals surface area contributed by atoms with Crippen LogP contribution in [0.2, 0.25) is 0 Å². The molecule has 25 heteroatoms. The zero-order valence-electron chi connectivity index (χ0n) is 18.2. The Kier molecular flexibility index (Phi) is 8.85. The van der Waals surface area contributed by atoms with E-state index in [0.717, 1.165) is 0 Å². The number of hydrogen-bond donors (Lipinski definition) is 2. The molecule has 0 amide bonds. The van der Waals surface area contributed by atoms with E-state index in [1.54, 1.807) is 0 Å². The molecule has 2 N–H and O–H groups in total. The molecule has 0 fully saturated rings. The van der Waals surface area contributed by atoms with Crippen molar-refractivity contribution < 1.29 is 112 Å². The van der Waals surface area contributed by atoms with Crippen molar-refractivity contribution in [2.45, 2.75) is 41.7 Å². The van der Waals surface area contributed by atoms with E-state index in [-0.39, 0.29) is 0 Å². The predicted molar refractivity (Wildman–Crippen MR) is 85.8 cm³/mol. The number of rotatable bonds is 10. The third kappa shape index (κ3) is 4.88. The van der Waals surface area contributed by atoms with Crippen molar-refractivity contribution in [1.82, 2.24) is 0 Å². The zero-order valence-corrected chi connectivity index (χ0v) is 18.2. The van der Waals surface area contributed by atoms with Crippen molar-refractivity contribution in [3.63, 3.8) is 0 Å². The number of hydrogen-bond acceptors (Lipinski definition) is 3. The van der Waals surface area contributed by atoms with Gasteiger partial charge >= 0.3 is 59.7 Å². The topological polar surface area (TPSA) is 83.8 Å². The van der Waals surface area contributed by atoms with Gasteiger partial charge in [0.25, 0.3) is 0 Å². The SMILES string of the molecule is O=C(O)c1c(F)c(F)c(OC(F)=C(F)C(F)(F)C(F)(F)C(F)(F)C(F)(F)C(F)(F)C(F)(F)C(F)(F)F)c(F)c1C(=O)O. The molecule has 0 saturated carbocycles. The van der Waals surface area contributed by atoms with E-state index in [1.165, 1.54) is 0 Å². The molecule has 0 bridgehead atoms. The summed E-state index contributed by atoms with van der Waals surface area (Å²) in [5, 5.41) is 17.3. The van der Waals surface area contributed by atoms with Gasteiger partial charge in [-0.3, -0.25) is 0 Å². The van der Waals surface area contributed by atoms with Gasteiger partial charge in [0.15, 0.2) is 11.6 Å². The maximum Gasteiger partial charge on any atom is 0.460 e. The van der Waals surface area contributed by atoms with E-state index in [4.69, 9.17) is 10.2 Å². The number of ether oxygens (including phenoxy) is 1. The molecule has 0 aliphatic carbocycles. The second-order valence-electron chi connectivity index (χ2n) is 7.27. The summed E-state index contributed by atoms with van der Waals surface area (Å²) in [4.78, 5) is 21.7. The molecule has 5 nitrogen and oxygen atoms in total. The molecule has 42 heavy (non-hydrogen) atoms. The van der Waals surface area contributed by atoms with Crippen LogP contribution >= 0.6 is 0 Å². The average molecular weight is 666 g/mol. The van der Waals surface area contributed by atoms with Gasteiger partial charge in [0.1, 0.15) is 11.1 Å². The van der Waals surface area contributed by atoms with Crippen LogP contribution in [0, 0.1) is 17.5 Å². The second kappa shape index (κ2) is 10.2. The molecule has 0 unspecified atom stereocenters. The molecular formula is C17H2F20O5. The highest BCUT2D eigenvalue weighted by molar-refractivity contribution is 6.02. The quantitative estimate of drug-likeness (QED) is 0.155. The third-order valence-electron chi connectivity index (χ3n) is 4.68. The number of allylic oxidation sites excluding steroid dienone is 1. The first-order valence-corrected chi connectivity index (χ1v) is 9.04. The highest BCUT2D eigenvalue weighted by Gasteiger charge is 2.93. The van der Waals surface area contributed by atoms with Crippen molar-refractivity contribution in [3.05, 3.63) is 40.4 Å². The molecule has 0 spiro atoms. The van der Waals surface area contributed by atoms with Crippen LogP contribution in [0.4, 0.5) is 87.8 Å². The predicted octanol–water partition coefficient (Wildman–Crippen LogP) is 7.36. The fourth-order valence-corrected chi connectivity index (χ4v) is 2.49. The summed E-state index contributed by atoms with van der Waals surface area (Å²) >= 11 is 0. The van der Waals surface area contributed by atoms with Crippen LogP contribution in [-0.2, 0) is 0 Å². The van der Waals surface area contributed by atoms with E-state index < -0.39 is 99.8 Å². The minimum absolute atomic E-state index is 2.48. The van der Waals surface area contributed by atoms with E-state index >= 15 is 0 Å². The maximum absolute atomic E-state index is 14.1. The summed E-state index contributed by atoms with van der Waals surface area (Å²) in [7, 11) is 0. The minimum atomic E-state index is -8.92. The second-order valence-corrected chi connectivity index (χ2v) is 7.27. The van der Waals surface area contributed by atoms with Crippen molar-refractivity contribution >= 4 is 11.9 Å². The Morgan fingerprint density at radius 1 is 0.524 bits per heavy atom. The van der Waals surface area contributed by atoms with Crippen molar-refractivity contribution in [2.24, 2.45) is 0 Å². The Balaban J connectivity index is 3.86. The number of alkyl halides is 15. The van der Waals surface area contributed by atoms with Crippen LogP contribution in [0.25, 0.3) is 0 Å². The van der Waals surface area contributed by atoms with Crippen molar-refractivity contribution in [1.29, 1.82) is 0 Å². The molecule has 0 heterocycles. The largest absolute Gasteiger partial charge is 0.478 e. The minimum Gasteiger partial charge on any atom is -0.478 e. The maximum atomic E-state index is 14.1. The van der Waals surface area contributed by atoms with Gasteiger partial charge in [-0.2, -0.15) is 79.0 Å². The zero-order chi connectivity index (χ0) is 34.0. The van der Waals surface area contributed by atoms with E-state index in [1.807, 2.05) is 0 Å². The Morgan fingerprint density at radius 3 is 1.21 bits per heavy atom. The Hall–Kier alpha value is -3.70. The first-order chi connectivity index (χ1) is 18.3. The van der Waals surface area contributed by atoms with Crippen LogP contribution < -0.4 is 4.74 Å². The lowest BCUT2D eigenvalue weighted by Crippen LogP contribution is -2.72.